The van der Waals surface area contributed by atoms with Gasteiger partial charge in [0, 0.05) is 18.6 Å². The van der Waals surface area contributed by atoms with Gasteiger partial charge in [-0.25, -0.2) is 4.79 Å². The first-order chi connectivity index (χ1) is 17.4. The summed E-state index contributed by atoms with van der Waals surface area (Å²) in [5, 5.41) is 0. The van der Waals surface area contributed by atoms with Crippen molar-refractivity contribution >= 4 is 17.3 Å². The Morgan fingerprint density at radius 2 is 1.36 bits per heavy atom. The molecule has 0 spiro atoms. The molecule has 5 nitrogen and oxygen atoms in total. The monoisotopic (exact) mass is 486 g/mol. The van der Waals surface area contributed by atoms with Crippen LogP contribution in [0.5, 0.6) is 5.75 Å². The number of ether oxygens (including phenoxy) is 3. The van der Waals surface area contributed by atoms with Crippen molar-refractivity contribution in [3.63, 3.8) is 0 Å². The number of ketones is 1. The molecule has 3 aromatic rings. The zero-order valence-corrected chi connectivity index (χ0v) is 21.5. The SMILES string of the molecule is CCOC(=O)[C@H](Cc1ccc(OC/C=C(\C)c2ccc(-c3ccc(C(C)=O)cc3)cc2)cc1)OCC. The van der Waals surface area contributed by atoms with Crippen molar-refractivity contribution in [2.24, 2.45) is 0 Å². The maximum absolute atomic E-state index is 12.1. The van der Waals surface area contributed by atoms with E-state index in [1.54, 1.807) is 13.8 Å². The molecule has 3 aromatic carbocycles. The lowest BCUT2D eigenvalue weighted by Crippen LogP contribution is -2.28. The number of Topliss-reactive ketones (excluding diaryl/α,β-unsaturated/α-hetero) is 1. The second-order valence-corrected chi connectivity index (χ2v) is 8.45. The molecule has 0 aliphatic rings. The van der Waals surface area contributed by atoms with Crippen molar-refractivity contribution in [3.8, 4) is 16.9 Å². The molecule has 188 valence electrons. The highest BCUT2D eigenvalue weighted by Gasteiger charge is 2.20. The maximum Gasteiger partial charge on any atom is 0.335 e. The van der Waals surface area contributed by atoms with Crippen LogP contribution in [0.15, 0.2) is 78.9 Å². The minimum Gasteiger partial charge on any atom is -0.490 e. The van der Waals surface area contributed by atoms with E-state index in [2.05, 4.69) is 37.3 Å². The average Bonchev–Trinajstić information content (AvgIpc) is 2.89. The van der Waals surface area contributed by atoms with Gasteiger partial charge >= 0.3 is 5.97 Å². The second kappa shape index (κ2) is 13.4. The van der Waals surface area contributed by atoms with Crippen molar-refractivity contribution in [2.75, 3.05) is 19.8 Å². The minimum absolute atomic E-state index is 0.0695. The van der Waals surface area contributed by atoms with E-state index in [1.807, 2.05) is 55.5 Å². The van der Waals surface area contributed by atoms with Crippen LogP contribution in [0.4, 0.5) is 0 Å². The normalized spacial score (nSPS) is 12.2. The lowest BCUT2D eigenvalue weighted by molar-refractivity contribution is -0.156. The molecule has 0 unspecified atom stereocenters. The molecule has 1 atom stereocenters. The lowest BCUT2D eigenvalue weighted by Gasteiger charge is -2.15. The van der Waals surface area contributed by atoms with Crippen LogP contribution in [-0.4, -0.2) is 37.7 Å². The van der Waals surface area contributed by atoms with Crippen molar-refractivity contribution < 1.29 is 23.8 Å². The summed E-state index contributed by atoms with van der Waals surface area (Å²) in [7, 11) is 0. The van der Waals surface area contributed by atoms with Crippen LogP contribution >= 0.6 is 0 Å². The Labute approximate surface area is 213 Å². The number of rotatable bonds is 12. The summed E-state index contributed by atoms with van der Waals surface area (Å²) in [4.78, 5) is 23.5. The number of allylic oxidation sites excluding steroid dienone is 1. The van der Waals surface area contributed by atoms with Gasteiger partial charge in [-0.05, 0) is 73.7 Å². The fraction of sp³-hybridized carbons (Fsp3) is 0.290. The molecule has 0 amide bonds. The smallest absolute Gasteiger partial charge is 0.335 e. The third kappa shape index (κ3) is 7.65. The molecule has 0 fully saturated rings. The maximum atomic E-state index is 12.1. The summed E-state index contributed by atoms with van der Waals surface area (Å²) in [6, 6.07) is 23.7. The Balaban J connectivity index is 1.55. The Bertz CT molecular complexity index is 1160. The van der Waals surface area contributed by atoms with Gasteiger partial charge in [0.1, 0.15) is 12.4 Å². The van der Waals surface area contributed by atoms with E-state index in [0.29, 0.717) is 26.2 Å². The van der Waals surface area contributed by atoms with Crippen molar-refractivity contribution in [3.05, 3.63) is 95.6 Å². The van der Waals surface area contributed by atoms with Crippen molar-refractivity contribution in [1.82, 2.24) is 0 Å². The van der Waals surface area contributed by atoms with E-state index in [0.717, 1.165) is 39.1 Å². The van der Waals surface area contributed by atoms with Gasteiger partial charge in [-0.2, -0.15) is 0 Å². The van der Waals surface area contributed by atoms with E-state index in [9.17, 15) is 9.59 Å². The van der Waals surface area contributed by atoms with Crippen LogP contribution in [0.25, 0.3) is 16.7 Å². The summed E-state index contributed by atoms with van der Waals surface area (Å²) in [6.07, 6.45) is 1.91. The van der Waals surface area contributed by atoms with Crippen LogP contribution in [0.2, 0.25) is 0 Å². The van der Waals surface area contributed by atoms with Gasteiger partial charge < -0.3 is 14.2 Å². The highest BCUT2D eigenvalue weighted by molar-refractivity contribution is 5.94. The van der Waals surface area contributed by atoms with E-state index < -0.39 is 6.10 Å². The molecule has 0 aromatic heterocycles. The van der Waals surface area contributed by atoms with Crippen LogP contribution in [0.1, 0.15) is 49.2 Å². The molecule has 5 heteroatoms. The van der Waals surface area contributed by atoms with E-state index in [4.69, 9.17) is 14.2 Å². The van der Waals surface area contributed by atoms with Gasteiger partial charge in [0.2, 0.25) is 0 Å². The Kier molecular flexibility index (Phi) is 10.0. The Hall–Kier alpha value is -3.70. The number of benzene rings is 3. The summed E-state index contributed by atoms with van der Waals surface area (Å²) in [5.74, 6) is 0.496. The molecule has 0 heterocycles. The van der Waals surface area contributed by atoms with Crippen LogP contribution < -0.4 is 4.74 Å². The third-order valence-corrected chi connectivity index (χ3v) is 5.87. The number of carbonyl (C=O) groups is 2. The predicted octanol–water partition coefficient (Wildman–Crippen LogP) is 6.55. The van der Waals surface area contributed by atoms with Crippen molar-refractivity contribution in [1.29, 1.82) is 0 Å². The fourth-order valence-corrected chi connectivity index (χ4v) is 3.79. The van der Waals surface area contributed by atoms with Gasteiger partial charge in [0.05, 0.1) is 6.61 Å². The van der Waals surface area contributed by atoms with Gasteiger partial charge in [-0.1, -0.05) is 60.7 Å². The van der Waals surface area contributed by atoms with Crippen molar-refractivity contribution in [2.45, 2.75) is 40.2 Å². The zero-order chi connectivity index (χ0) is 25.9. The zero-order valence-electron chi connectivity index (χ0n) is 21.5. The van der Waals surface area contributed by atoms with Gasteiger partial charge in [0.15, 0.2) is 11.9 Å². The predicted molar refractivity (Wildman–Crippen MR) is 143 cm³/mol. The average molecular weight is 487 g/mol. The standard InChI is InChI=1S/C31H34O5/c1-5-34-30(31(33)35-6-2)21-24-7-17-29(18-8-24)36-20-19-22(3)25-9-13-27(14-10-25)28-15-11-26(12-16-28)23(4)32/h7-19,30H,5-6,20-21H2,1-4H3/b22-19+/t30-/m0/s1. The topological polar surface area (TPSA) is 61.8 Å². The first kappa shape index (κ1) is 26.9. The Morgan fingerprint density at radius 1 is 0.778 bits per heavy atom. The summed E-state index contributed by atoms with van der Waals surface area (Å²) < 4.78 is 16.5. The highest BCUT2D eigenvalue weighted by Crippen LogP contribution is 2.23. The number of esters is 1. The first-order valence-electron chi connectivity index (χ1n) is 12.3. The summed E-state index contributed by atoms with van der Waals surface area (Å²) >= 11 is 0. The number of hydrogen-bond donors (Lipinski definition) is 0. The minimum atomic E-state index is -0.599. The molecular formula is C31H34O5. The molecule has 0 N–H and O–H groups in total. The summed E-state index contributed by atoms with van der Waals surface area (Å²) in [6.45, 7) is 8.52. The molecule has 3 rings (SSSR count). The molecule has 0 bridgehead atoms. The quantitative estimate of drug-likeness (QED) is 0.215. The van der Waals surface area contributed by atoms with E-state index in [-0.39, 0.29) is 11.8 Å². The first-order valence-corrected chi connectivity index (χ1v) is 12.3. The summed E-state index contributed by atoms with van der Waals surface area (Å²) in [5.41, 5.74) is 6.13. The molecule has 0 saturated heterocycles. The van der Waals surface area contributed by atoms with Crippen LogP contribution in [0.3, 0.4) is 0 Å². The molecule has 0 radical (unpaired) electrons. The van der Waals surface area contributed by atoms with Crippen LogP contribution in [-0.2, 0) is 20.7 Å². The van der Waals surface area contributed by atoms with Crippen LogP contribution in [0, 0.1) is 0 Å². The highest BCUT2D eigenvalue weighted by atomic mass is 16.6. The second-order valence-electron chi connectivity index (χ2n) is 8.45. The fourth-order valence-electron chi connectivity index (χ4n) is 3.79. The number of hydrogen-bond acceptors (Lipinski definition) is 5. The molecule has 0 saturated carbocycles. The lowest BCUT2D eigenvalue weighted by atomic mass is 9.99. The molecule has 0 aliphatic carbocycles. The number of carbonyl (C=O) groups excluding carboxylic acids is 2. The molecule has 36 heavy (non-hydrogen) atoms. The van der Waals surface area contributed by atoms with Gasteiger partial charge in [-0.3, -0.25) is 4.79 Å². The largest absolute Gasteiger partial charge is 0.490 e. The molecule has 0 aliphatic heterocycles. The molecular weight excluding hydrogens is 452 g/mol. The van der Waals surface area contributed by atoms with Gasteiger partial charge in [0.25, 0.3) is 0 Å². The Morgan fingerprint density at radius 3 is 1.89 bits per heavy atom. The third-order valence-electron chi connectivity index (χ3n) is 5.87. The van der Waals surface area contributed by atoms with E-state index in [1.165, 1.54) is 0 Å². The van der Waals surface area contributed by atoms with Gasteiger partial charge in [-0.15, -0.1) is 0 Å². The van der Waals surface area contributed by atoms with E-state index >= 15 is 0 Å².